The van der Waals surface area contributed by atoms with Gasteiger partial charge in [-0.1, -0.05) is 13.8 Å². The van der Waals surface area contributed by atoms with E-state index in [0.717, 1.165) is 32.0 Å². The van der Waals surface area contributed by atoms with E-state index in [1.807, 2.05) is 11.3 Å². The third-order valence-corrected chi connectivity index (χ3v) is 4.83. The molecule has 0 spiro atoms. The third-order valence-electron chi connectivity index (χ3n) is 2.89. The summed E-state index contributed by atoms with van der Waals surface area (Å²) in [6.45, 7) is 7.40. The van der Waals surface area contributed by atoms with E-state index in [9.17, 15) is 0 Å². The maximum absolute atomic E-state index is 5.06. The number of thiophene rings is 1. The average Bonchev–Trinajstić information content (AvgIpc) is 2.70. The van der Waals surface area contributed by atoms with Crippen LogP contribution in [0.2, 0.25) is 0 Å². The van der Waals surface area contributed by atoms with Crippen LogP contribution in [0.25, 0.3) is 0 Å². The Labute approximate surface area is 123 Å². The summed E-state index contributed by atoms with van der Waals surface area (Å²) in [4.78, 5) is 1.47. The van der Waals surface area contributed by atoms with Gasteiger partial charge in [0.25, 0.3) is 0 Å². The Morgan fingerprint density at radius 1 is 1.44 bits per heavy atom. The van der Waals surface area contributed by atoms with E-state index in [4.69, 9.17) is 4.74 Å². The first-order valence-corrected chi connectivity index (χ1v) is 8.22. The zero-order valence-corrected chi connectivity index (χ0v) is 13.9. The number of hydrogen-bond donors (Lipinski definition) is 1. The van der Waals surface area contributed by atoms with Gasteiger partial charge in [-0.15, -0.1) is 11.3 Å². The van der Waals surface area contributed by atoms with Crippen LogP contribution in [0.4, 0.5) is 0 Å². The minimum absolute atomic E-state index is 0.705. The zero-order chi connectivity index (χ0) is 13.4. The van der Waals surface area contributed by atoms with E-state index < -0.39 is 0 Å². The predicted octanol–water partition coefficient (Wildman–Crippen LogP) is 3.95. The van der Waals surface area contributed by atoms with Crippen molar-refractivity contribution in [2.45, 2.75) is 26.7 Å². The van der Waals surface area contributed by atoms with Crippen molar-refractivity contribution in [1.29, 1.82) is 0 Å². The fraction of sp³-hybridized carbons (Fsp3) is 0.714. The lowest BCUT2D eigenvalue weighted by Crippen LogP contribution is -2.28. The molecular formula is C14H24BrNOS. The molecule has 1 heterocycles. The Kier molecular flexibility index (Phi) is 8.15. The van der Waals surface area contributed by atoms with Gasteiger partial charge in [-0.05, 0) is 58.6 Å². The largest absolute Gasteiger partial charge is 0.383 e. The van der Waals surface area contributed by atoms with Gasteiger partial charge < -0.3 is 10.1 Å². The van der Waals surface area contributed by atoms with Crippen LogP contribution >= 0.6 is 27.3 Å². The van der Waals surface area contributed by atoms with Gasteiger partial charge in [0.15, 0.2) is 0 Å². The highest BCUT2D eigenvalue weighted by molar-refractivity contribution is 9.10. The number of halogens is 1. The Bertz CT molecular complexity index is 327. The molecule has 0 saturated heterocycles. The van der Waals surface area contributed by atoms with Gasteiger partial charge in [0.05, 0.1) is 6.61 Å². The van der Waals surface area contributed by atoms with Crippen molar-refractivity contribution in [3.63, 3.8) is 0 Å². The summed E-state index contributed by atoms with van der Waals surface area (Å²) >= 11 is 5.47. The molecule has 0 saturated carbocycles. The second kappa shape index (κ2) is 9.08. The molecule has 2 nitrogen and oxygen atoms in total. The van der Waals surface area contributed by atoms with E-state index in [2.05, 4.69) is 46.5 Å². The molecule has 1 atom stereocenters. The van der Waals surface area contributed by atoms with Gasteiger partial charge in [0, 0.05) is 23.0 Å². The molecule has 0 amide bonds. The van der Waals surface area contributed by atoms with E-state index >= 15 is 0 Å². The van der Waals surface area contributed by atoms with Crippen LogP contribution in [0, 0.1) is 11.8 Å². The lowest BCUT2D eigenvalue weighted by Gasteiger charge is -2.19. The van der Waals surface area contributed by atoms with Gasteiger partial charge in [-0.2, -0.15) is 0 Å². The fourth-order valence-electron chi connectivity index (χ4n) is 2.12. The molecule has 4 heteroatoms. The summed E-state index contributed by atoms with van der Waals surface area (Å²) < 4.78 is 6.32. The van der Waals surface area contributed by atoms with Crippen molar-refractivity contribution in [3.8, 4) is 0 Å². The molecule has 1 N–H and O–H groups in total. The zero-order valence-electron chi connectivity index (χ0n) is 11.5. The van der Waals surface area contributed by atoms with Crippen molar-refractivity contribution in [2.75, 3.05) is 26.8 Å². The monoisotopic (exact) mass is 333 g/mol. The summed E-state index contributed by atoms with van der Waals surface area (Å²) in [7, 11) is 1.75. The molecule has 0 radical (unpaired) electrons. The van der Waals surface area contributed by atoms with Crippen molar-refractivity contribution in [2.24, 2.45) is 11.8 Å². The van der Waals surface area contributed by atoms with Crippen LogP contribution in [0.5, 0.6) is 0 Å². The lowest BCUT2D eigenvalue weighted by molar-refractivity contribution is 0.197. The Morgan fingerprint density at radius 3 is 2.78 bits per heavy atom. The standard InChI is InChI=1S/C14H24BrNOS/c1-11(2)8-12(10-16-5-6-17-3)9-14-13(15)4-7-18-14/h4,7,11-12,16H,5-6,8-10H2,1-3H3. The smallest absolute Gasteiger partial charge is 0.0587 e. The molecular weight excluding hydrogens is 310 g/mol. The van der Waals surface area contributed by atoms with Gasteiger partial charge in [-0.25, -0.2) is 0 Å². The van der Waals surface area contributed by atoms with Crippen LogP contribution in [0.3, 0.4) is 0 Å². The number of methoxy groups -OCH3 is 1. The molecule has 0 aliphatic carbocycles. The second-order valence-corrected chi connectivity index (χ2v) is 6.94. The molecule has 18 heavy (non-hydrogen) atoms. The maximum atomic E-state index is 5.06. The van der Waals surface area contributed by atoms with E-state index in [-0.39, 0.29) is 0 Å². The van der Waals surface area contributed by atoms with Gasteiger partial charge in [-0.3, -0.25) is 0 Å². The maximum Gasteiger partial charge on any atom is 0.0587 e. The van der Waals surface area contributed by atoms with Crippen molar-refractivity contribution in [3.05, 3.63) is 20.8 Å². The molecule has 1 aromatic rings. The van der Waals surface area contributed by atoms with Crippen LogP contribution in [-0.2, 0) is 11.2 Å². The second-order valence-electron chi connectivity index (χ2n) is 5.09. The highest BCUT2D eigenvalue weighted by atomic mass is 79.9. The van der Waals surface area contributed by atoms with Crippen LogP contribution in [0.15, 0.2) is 15.9 Å². The fourth-order valence-corrected chi connectivity index (χ4v) is 3.75. The van der Waals surface area contributed by atoms with Crippen LogP contribution < -0.4 is 5.32 Å². The van der Waals surface area contributed by atoms with Gasteiger partial charge >= 0.3 is 0 Å². The molecule has 0 fully saturated rings. The van der Waals surface area contributed by atoms with E-state index in [1.54, 1.807) is 7.11 Å². The Hall–Kier alpha value is 0.100. The first-order chi connectivity index (χ1) is 8.63. The van der Waals surface area contributed by atoms with Crippen molar-refractivity contribution < 1.29 is 4.74 Å². The first kappa shape index (κ1) is 16.2. The van der Waals surface area contributed by atoms with Crippen molar-refractivity contribution in [1.82, 2.24) is 5.32 Å². The van der Waals surface area contributed by atoms with Gasteiger partial charge in [0.2, 0.25) is 0 Å². The number of rotatable bonds is 9. The molecule has 1 aromatic heterocycles. The molecule has 1 rings (SSSR count). The minimum Gasteiger partial charge on any atom is -0.383 e. The molecule has 0 bridgehead atoms. The number of hydrogen-bond acceptors (Lipinski definition) is 3. The van der Waals surface area contributed by atoms with Gasteiger partial charge in [0.1, 0.15) is 0 Å². The third kappa shape index (κ3) is 6.32. The summed E-state index contributed by atoms with van der Waals surface area (Å²) in [5.74, 6) is 1.45. The quantitative estimate of drug-likeness (QED) is 0.691. The van der Waals surface area contributed by atoms with Crippen LogP contribution in [-0.4, -0.2) is 26.8 Å². The molecule has 0 aliphatic rings. The highest BCUT2D eigenvalue weighted by Crippen LogP contribution is 2.27. The molecule has 1 unspecified atom stereocenters. The lowest BCUT2D eigenvalue weighted by atomic mass is 9.93. The summed E-state index contributed by atoms with van der Waals surface area (Å²) in [5.41, 5.74) is 0. The molecule has 0 aromatic carbocycles. The average molecular weight is 334 g/mol. The van der Waals surface area contributed by atoms with Crippen LogP contribution in [0.1, 0.15) is 25.1 Å². The Balaban J connectivity index is 2.42. The van der Waals surface area contributed by atoms with E-state index in [1.165, 1.54) is 15.8 Å². The van der Waals surface area contributed by atoms with Crippen molar-refractivity contribution >= 4 is 27.3 Å². The Morgan fingerprint density at radius 2 is 2.22 bits per heavy atom. The normalized spacial score (nSPS) is 13.2. The summed E-state index contributed by atoms with van der Waals surface area (Å²) in [6, 6.07) is 2.14. The number of nitrogens with one attached hydrogen (secondary N) is 1. The predicted molar refractivity (Wildman–Crippen MR) is 83.4 cm³/mol. The summed E-state index contributed by atoms with van der Waals surface area (Å²) in [5, 5.41) is 5.64. The highest BCUT2D eigenvalue weighted by Gasteiger charge is 2.14. The summed E-state index contributed by atoms with van der Waals surface area (Å²) in [6.07, 6.45) is 2.43. The van der Waals surface area contributed by atoms with E-state index in [0.29, 0.717) is 5.92 Å². The molecule has 0 aliphatic heterocycles. The molecule has 104 valence electrons. The minimum atomic E-state index is 0.705. The number of ether oxygens (including phenoxy) is 1. The SMILES string of the molecule is COCCNCC(Cc1sccc1Br)CC(C)C. The first-order valence-electron chi connectivity index (χ1n) is 6.55. The topological polar surface area (TPSA) is 21.3 Å².